The fourth-order valence-electron chi connectivity index (χ4n) is 2.90. The van der Waals surface area contributed by atoms with Crippen molar-refractivity contribution < 1.29 is 4.79 Å². The number of nitrogens with one attached hydrogen (secondary N) is 2. The number of nitrogens with zero attached hydrogens (tertiary/aromatic N) is 1. The molecule has 6 heteroatoms. The van der Waals surface area contributed by atoms with E-state index in [0.29, 0.717) is 11.9 Å². The van der Waals surface area contributed by atoms with Crippen molar-refractivity contribution in [1.29, 1.82) is 0 Å². The van der Waals surface area contributed by atoms with Crippen LogP contribution in [0.5, 0.6) is 0 Å². The molecule has 2 aromatic carbocycles. The summed E-state index contributed by atoms with van der Waals surface area (Å²) in [5.74, 6) is -0.267. The Bertz CT molecular complexity index is 1110. The molecule has 0 unspecified atom stereocenters. The number of carbonyl (C=O) groups excluding carboxylic acids is 1. The predicted octanol–water partition coefficient (Wildman–Crippen LogP) is 3.50. The van der Waals surface area contributed by atoms with Crippen LogP contribution >= 0.6 is 11.3 Å². The van der Waals surface area contributed by atoms with Gasteiger partial charge in [0.1, 0.15) is 5.69 Å². The summed E-state index contributed by atoms with van der Waals surface area (Å²) in [4.78, 5) is 31.6. The van der Waals surface area contributed by atoms with E-state index in [1.807, 2.05) is 30.3 Å². The van der Waals surface area contributed by atoms with Gasteiger partial charge in [0, 0.05) is 18.4 Å². The van der Waals surface area contributed by atoms with Crippen LogP contribution in [0, 0.1) is 0 Å². The maximum atomic E-state index is 12.3. The van der Waals surface area contributed by atoms with E-state index in [4.69, 9.17) is 0 Å². The second-order valence-electron chi connectivity index (χ2n) is 6.03. The molecule has 0 aliphatic heterocycles. The van der Waals surface area contributed by atoms with Gasteiger partial charge in [-0.2, -0.15) is 0 Å². The zero-order valence-corrected chi connectivity index (χ0v) is 14.8. The van der Waals surface area contributed by atoms with E-state index >= 15 is 0 Å². The highest BCUT2D eigenvalue weighted by Gasteiger charge is 2.09. The minimum absolute atomic E-state index is 0.247. The summed E-state index contributed by atoms with van der Waals surface area (Å²) >= 11 is 1.68. The maximum absolute atomic E-state index is 12.3. The number of aryl methyl sites for hydroxylation is 1. The van der Waals surface area contributed by atoms with Gasteiger partial charge in [0.25, 0.3) is 11.5 Å². The first kappa shape index (κ1) is 16.5. The summed E-state index contributed by atoms with van der Waals surface area (Å²) < 4.78 is 1.18. The number of aromatic amines is 1. The van der Waals surface area contributed by atoms with Crippen LogP contribution in [0.25, 0.3) is 21.0 Å². The van der Waals surface area contributed by atoms with Crippen LogP contribution in [0.2, 0.25) is 0 Å². The fraction of sp³-hybridized carbons (Fsp3) is 0.150. The Morgan fingerprint density at radius 2 is 1.92 bits per heavy atom. The lowest BCUT2D eigenvalue weighted by molar-refractivity contribution is 0.0948. The number of benzene rings is 2. The van der Waals surface area contributed by atoms with Crippen molar-refractivity contribution in [3.63, 3.8) is 0 Å². The van der Waals surface area contributed by atoms with Crippen LogP contribution in [0.4, 0.5) is 0 Å². The number of aromatic nitrogens is 2. The highest BCUT2D eigenvalue weighted by Crippen LogP contribution is 2.22. The number of fused-ring (bicyclic) bond motifs is 2. The lowest BCUT2D eigenvalue weighted by Gasteiger charge is -2.05. The normalized spacial score (nSPS) is 11.1. The lowest BCUT2D eigenvalue weighted by Crippen LogP contribution is -2.27. The molecule has 0 saturated carbocycles. The number of hydrogen-bond acceptors (Lipinski definition) is 4. The number of rotatable bonds is 5. The smallest absolute Gasteiger partial charge is 0.267 e. The second kappa shape index (κ2) is 7.09. The first-order valence-electron chi connectivity index (χ1n) is 8.45. The van der Waals surface area contributed by atoms with Gasteiger partial charge in [-0.25, -0.2) is 4.98 Å². The SMILES string of the molecule is O=C(NCCCc1nc2ccccc2s1)c1cc2ccccc2c(=O)[nH]1. The monoisotopic (exact) mass is 363 g/mol. The van der Waals surface area contributed by atoms with Gasteiger partial charge in [0.05, 0.1) is 15.2 Å². The number of pyridine rings is 1. The summed E-state index contributed by atoms with van der Waals surface area (Å²) in [5, 5.41) is 5.27. The summed E-state index contributed by atoms with van der Waals surface area (Å²) in [6.07, 6.45) is 1.61. The molecule has 0 bridgehead atoms. The van der Waals surface area contributed by atoms with Crippen molar-refractivity contribution in [2.24, 2.45) is 0 Å². The molecule has 0 fully saturated rings. The summed E-state index contributed by atoms with van der Waals surface area (Å²) in [5.41, 5.74) is 1.06. The minimum Gasteiger partial charge on any atom is -0.351 e. The third kappa shape index (κ3) is 3.36. The van der Waals surface area contributed by atoms with E-state index in [-0.39, 0.29) is 17.2 Å². The Morgan fingerprint density at radius 1 is 1.12 bits per heavy atom. The van der Waals surface area contributed by atoms with E-state index in [9.17, 15) is 9.59 Å². The topological polar surface area (TPSA) is 74.8 Å². The summed E-state index contributed by atoms with van der Waals surface area (Å²) in [6.45, 7) is 0.531. The summed E-state index contributed by atoms with van der Waals surface area (Å²) in [6, 6.07) is 17.0. The van der Waals surface area contributed by atoms with Gasteiger partial charge in [0.2, 0.25) is 0 Å². The van der Waals surface area contributed by atoms with Crippen LogP contribution in [-0.4, -0.2) is 22.4 Å². The zero-order valence-electron chi connectivity index (χ0n) is 14.0. The lowest BCUT2D eigenvalue weighted by atomic mass is 10.1. The molecule has 0 aliphatic carbocycles. The fourth-order valence-corrected chi connectivity index (χ4v) is 3.91. The van der Waals surface area contributed by atoms with Gasteiger partial charge in [-0.1, -0.05) is 30.3 Å². The van der Waals surface area contributed by atoms with Gasteiger partial charge >= 0.3 is 0 Å². The molecule has 0 aliphatic rings. The first-order valence-corrected chi connectivity index (χ1v) is 9.27. The quantitative estimate of drug-likeness (QED) is 0.533. The Morgan fingerprint density at radius 3 is 2.81 bits per heavy atom. The second-order valence-corrected chi connectivity index (χ2v) is 7.15. The van der Waals surface area contributed by atoms with E-state index < -0.39 is 0 Å². The van der Waals surface area contributed by atoms with Gasteiger partial charge in [-0.3, -0.25) is 9.59 Å². The van der Waals surface area contributed by atoms with Crippen LogP contribution in [0.3, 0.4) is 0 Å². The van der Waals surface area contributed by atoms with Gasteiger partial charge in [-0.15, -0.1) is 11.3 Å². The Kier molecular flexibility index (Phi) is 4.50. The van der Waals surface area contributed by atoms with Crippen molar-refractivity contribution in [2.75, 3.05) is 6.54 Å². The molecule has 2 aromatic heterocycles. The average molecular weight is 363 g/mol. The third-order valence-electron chi connectivity index (χ3n) is 4.19. The molecular weight excluding hydrogens is 346 g/mol. The van der Waals surface area contributed by atoms with Gasteiger partial charge in [0.15, 0.2) is 0 Å². The van der Waals surface area contributed by atoms with Gasteiger partial charge < -0.3 is 10.3 Å². The van der Waals surface area contributed by atoms with E-state index in [0.717, 1.165) is 28.8 Å². The largest absolute Gasteiger partial charge is 0.351 e. The first-order chi connectivity index (χ1) is 12.7. The molecule has 0 saturated heterocycles. The molecule has 0 radical (unpaired) electrons. The Labute approximate surface area is 153 Å². The predicted molar refractivity (Wildman–Crippen MR) is 105 cm³/mol. The highest BCUT2D eigenvalue weighted by atomic mass is 32.1. The van der Waals surface area contributed by atoms with E-state index in [2.05, 4.69) is 21.4 Å². The minimum atomic E-state index is -0.267. The van der Waals surface area contributed by atoms with Crippen LogP contribution in [0.1, 0.15) is 21.9 Å². The third-order valence-corrected chi connectivity index (χ3v) is 5.29. The number of amides is 1. The van der Waals surface area contributed by atoms with Crippen molar-refractivity contribution >= 4 is 38.2 Å². The standard InChI is InChI=1S/C20H17N3O2S/c24-19-14-7-2-1-6-13(14)12-16(23-19)20(25)21-11-5-10-18-22-15-8-3-4-9-17(15)26-18/h1-4,6-9,12H,5,10-11H2,(H,21,25)(H,23,24). The molecule has 4 rings (SSSR count). The number of thiazole rings is 1. The van der Waals surface area contributed by atoms with Gasteiger partial charge in [-0.05, 0) is 36.1 Å². The molecule has 4 aromatic rings. The van der Waals surface area contributed by atoms with Crippen molar-refractivity contribution in [2.45, 2.75) is 12.8 Å². The maximum Gasteiger partial charge on any atom is 0.267 e. The Hall–Kier alpha value is -2.99. The van der Waals surface area contributed by atoms with Crippen molar-refractivity contribution in [1.82, 2.24) is 15.3 Å². The van der Waals surface area contributed by atoms with E-state index in [1.54, 1.807) is 29.5 Å². The number of hydrogen-bond donors (Lipinski definition) is 2. The molecule has 1 amide bonds. The van der Waals surface area contributed by atoms with Crippen molar-refractivity contribution in [3.8, 4) is 0 Å². The zero-order chi connectivity index (χ0) is 17.9. The average Bonchev–Trinajstić information content (AvgIpc) is 3.08. The molecule has 0 spiro atoms. The number of H-pyrrole nitrogens is 1. The molecule has 2 N–H and O–H groups in total. The van der Waals surface area contributed by atoms with Crippen molar-refractivity contribution in [3.05, 3.63) is 75.7 Å². The molecule has 5 nitrogen and oxygen atoms in total. The molecule has 26 heavy (non-hydrogen) atoms. The van der Waals surface area contributed by atoms with Crippen LogP contribution in [-0.2, 0) is 6.42 Å². The molecule has 0 atom stereocenters. The molecule has 130 valence electrons. The van der Waals surface area contributed by atoms with E-state index in [1.165, 1.54) is 4.70 Å². The van der Waals surface area contributed by atoms with Crippen LogP contribution < -0.4 is 10.9 Å². The number of carbonyl (C=O) groups is 1. The number of para-hydroxylation sites is 1. The highest BCUT2D eigenvalue weighted by molar-refractivity contribution is 7.18. The molecule has 2 heterocycles. The Balaban J connectivity index is 1.37. The summed E-state index contributed by atoms with van der Waals surface area (Å²) in [7, 11) is 0. The van der Waals surface area contributed by atoms with Crippen LogP contribution in [0.15, 0.2) is 59.4 Å². The molecular formula is C20H17N3O2S.